The molecular formula is C10H15BO2. The zero-order valence-corrected chi connectivity index (χ0v) is 8.07. The van der Waals surface area contributed by atoms with Crippen molar-refractivity contribution in [2.24, 2.45) is 5.41 Å². The molecule has 2 nitrogen and oxygen atoms in total. The number of allylic oxidation sites excluding steroid dienone is 6. The molecule has 2 N–H and O–H groups in total. The van der Waals surface area contributed by atoms with Crippen molar-refractivity contribution in [1.82, 2.24) is 0 Å². The van der Waals surface area contributed by atoms with Gasteiger partial charge in [0, 0.05) is 5.41 Å². The molecule has 0 aromatic heterocycles. The highest BCUT2D eigenvalue weighted by molar-refractivity contribution is 6.51. The molecule has 0 heterocycles. The first kappa shape index (κ1) is 10.3. The third kappa shape index (κ3) is 2.57. The Hall–Kier alpha value is -0.795. The van der Waals surface area contributed by atoms with E-state index in [1.807, 2.05) is 18.2 Å². The average Bonchev–Trinajstić information content (AvgIpc) is 2.28. The van der Waals surface area contributed by atoms with Crippen LogP contribution in [0.3, 0.4) is 0 Å². The molecule has 0 amide bonds. The van der Waals surface area contributed by atoms with Crippen LogP contribution >= 0.6 is 0 Å². The first-order valence-electron chi connectivity index (χ1n) is 4.52. The monoisotopic (exact) mass is 178 g/mol. The number of hydrogen-bond donors (Lipinski definition) is 2. The van der Waals surface area contributed by atoms with Crippen LogP contribution in [0.2, 0.25) is 0 Å². The molecule has 0 aliphatic heterocycles. The van der Waals surface area contributed by atoms with Crippen molar-refractivity contribution >= 4 is 7.12 Å². The van der Waals surface area contributed by atoms with Crippen LogP contribution in [0.5, 0.6) is 0 Å². The lowest BCUT2D eigenvalue weighted by Crippen LogP contribution is -2.17. The first-order valence-corrected chi connectivity index (χ1v) is 4.52. The summed E-state index contributed by atoms with van der Waals surface area (Å²) in [5.41, 5.74) is 0.497. The summed E-state index contributed by atoms with van der Waals surface area (Å²) < 4.78 is 0. The van der Waals surface area contributed by atoms with E-state index in [0.717, 1.165) is 6.42 Å². The fourth-order valence-electron chi connectivity index (χ4n) is 1.30. The average molecular weight is 178 g/mol. The Bertz CT molecular complexity index is 266. The van der Waals surface area contributed by atoms with Gasteiger partial charge in [-0.25, -0.2) is 0 Å². The van der Waals surface area contributed by atoms with Crippen LogP contribution in [0, 0.1) is 5.41 Å². The Morgan fingerprint density at radius 3 is 2.62 bits per heavy atom. The fourth-order valence-corrected chi connectivity index (χ4v) is 1.30. The summed E-state index contributed by atoms with van der Waals surface area (Å²) >= 11 is 0. The van der Waals surface area contributed by atoms with Crippen molar-refractivity contribution in [3.05, 3.63) is 35.9 Å². The summed E-state index contributed by atoms with van der Waals surface area (Å²) in [4.78, 5) is 0. The maximum Gasteiger partial charge on any atom is 0.488 e. The normalized spacial score (nSPS) is 26.9. The largest absolute Gasteiger partial charge is 0.488 e. The molecule has 1 atom stereocenters. The predicted octanol–water partition coefficient (Wildman–Crippen LogP) is 1.47. The zero-order valence-electron chi connectivity index (χ0n) is 8.07. The van der Waals surface area contributed by atoms with Crippen LogP contribution in [0.15, 0.2) is 35.9 Å². The minimum Gasteiger partial charge on any atom is -0.423 e. The van der Waals surface area contributed by atoms with E-state index in [1.165, 1.54) is 0 Å². The molecule has 1 aliphatic carbocycles. The van der Waals surface area contributed by atoms with Crippen LogP contribution in [0.4, 0.5) is 0 Å². The van der Waals surface area contributed by atoms with E-state index in [1.54, 1.807) is 6.08 Å². The summed E-state index contributed by atoms with van der Waals surface area (Å²) in [6.45, 7) is 4.15. The van der Waals surface area contributed by atoms with Crippen LogP contribution in [0.1, 0.15) is 20.3 Å². The highest BCUT2D eigenvalue weighted by Crippen LogP contribution is 2.28. The minimum absolute atomic E-state index is 0.0669. The lowest BCUT2D eigenvalue weighted by atomic mass is 9.74. The van der Waals surface area contributed by atoms with Crippen molar-refractivity contribution in [1.29, 1.82) is 0 Å². The van der Waals surface area contributed by atoms with Crippen molar-refractivity contribution < 1.29 is 10.0 Å². The predicted molar refractivity (Wildman–Crippen MR) is 55.0 cm³/mol. The van der Waals surface area contributed by atoms with Crippen molar-refractivity contribution in [2.45, 2.75) is 20.3 Å². The van der Waals surface area contributed by atoms with E-state index in [0.29, 0.717) is 5.47 Å². The van der Waals surface area contributed by atoms with Gasteiger partial charge in [-0.15, -0.1) is 0 Å². The second kappa shape index (κ2) is 3.94. The summed E-state index contributed by atoms with van der Waals surface area (Å²) in [6.07, 6.45) is 10.4. The molecule has 0 aromatic rings. The SMILES string of the molecule is CCC1(C)C=CC=CC(B(O)O)=C1. The lowest BCUT2D eigenvalue weighted by Gasteiger charge is -2.19. The quantitative estimate of drug-likeness (QED) is 0.628. The molecule has 3 heteroatoms. The minimum atomic E-state index is -1.37. The standard InChI is InChI=1S/C10H15BO2/c1-3-10(2)7-5-4-6-9(8-10)11(12)13/h4-8,12-13H,3H2,1-2H3. The van der Waals surface area contributed by atoms with Gasteiger partial charge < -0.3 is 10.0 Å². The van der Waals surface area contributed by atoms with Gasteiger partial charge in [0.05, 0.1) is 0 Å². The van der Waals surface area contributed by atoms with Gasteiger partial charge in [0.2, 0.25) is 0 Å². The van der Waals surface area contributed by atoms with Gasteiger partial charge in [-0.2, -0.15) is 0 Å². The molecule has 0 bridgehead atoms. The lowest BCUT2D eigenvalue weighted by molar-refractivity contribution is 0.418. The van der Waals surface area contributed by atoms with Gasteiger partial charge in [-0.1, -0.05) is 44.2 Å². The van der Waals surface area contributed by atoms with E-state index >= 15 is 0 Å². The van der Waals surface area contributed by atoms with Crippen LogP contribution in [-0.2, 0) is 0 Å². The zero-order chi connectivity index (χ0) is 9.90. The summed E-state index contributed by atoms with van der Waals surface area (Å²) in [6, 6.07) is 0. The molecule has 0 fully saturated rings. The summed E-state index contributed by atoms with van der Waals surface area (Å²) in [5, 5.41) is 18.1. The summed E-state index contributed by atoms with van der Waals surface area (Å²) in [7, 11) is -1.37. The van der Waals surface area contributed by atoms with Gasteiger partial charge in [0.25, 0.3) is 0 Å². The molecule has 0 aromatic carbocycles. The Balaban J connectivity index is 2.98. The van der Waals surface area contributed by atoms with Crippen molar-refractivity contribution in [2.75, 3.05) is 0 Å². The second-order valence-corrected chi connectivity index (χ2v) is 3.60. The third-order valence-corrected chi connectivity index (χ3v) is 2.43. The molecule has 1 unspecified atom stereocenters. The van der Waals surface area contributed by atoms with E-state index in [-0.39, 0.29) is 5.41 Å². The van der Waals surface area contributed by atoms with Crippen LogP contribution in [0.25, 0.3) is 0 Å². The number of hydrogen-bond acceptors (Lipinski definition) is 2. The maximum atomic E-state index is 9.04. The smallest absolute Gasteiger partial charge is 0.423 e. The van der Waals surface area contributed by atoms with Gasteiger partial charge in [-0.05, 0) is 11.9 Å². The molecule has 0 saturated heterocycles. The Morgan fingerprint density at radius 1 is 1.38 bits per heavy atom. The van der Waals surface area contributed by atoms with Gasteiger partial charge in [0.15, 0.2) is 0 Å². The van der Waals surface area contributed by atoms with E-state index in [2.05, 4.69) is 19.9 Å². The first-order chi connectivity index (χ1) is 6.07. The Labute approximate surface area is 79.4 Å². The van der Waals surface area contributed by atoms with Crippen molar-refractivity contribution in [3.8, 4) is 0 Å². The Morgan fingerprint density at radius 2 is 2.08 bits per heavy atom. The molecule has 1 rings (SSSR count). The van der Waals surface area contributed by atoms with Crippen LogP contribution < -0.4 is 0 Å². The second-order valence-electron chi connectivity index (χ2n) is 3.60. The highest BCUT2D eigenvalue weighted by atomic mass is 16.4. The Kier molecular flexibility index (Phi) is 3.12. The molecule has 1 aliphatic rings. The summed E-state index contributed by atoms with van der Waals surface area (Å²) in [5.74, 6) is 0. The molecule has 0 saturated carbocycles. The molecule has 70 valence electrons. The highest BCUT2D eigenvalue weighted by Gasteiger charge is 2.21. The molecule has 13 heavy (non-hydrogen) atoms. The van der Waals surface area contributed by atoms with Crippen molar-refractivity contribution in [3.63, 3.8) is 0 Å². The molecule has 0 radical (unpaired) electrons. The van der Waals surface area contributed by atoms with Gasteiger partial charge in [0.1, 0.15) is 0 Å². The third-order valence-electron chi connectivity index (χ3n) is 2.43. The van der Waals surface area contributed by atoms with E-state index in [9.17, 15) is 0 Å². The van der Waals surface area contributed by atoms with E-state index in [4.69, 9.17) is 10.0 Å². The molecule has 0 spiro atoms. The van der Waals surface area contributed by atoms with Gasteiger partial charge >= 0.3 is 7.12 Å². The fraction of sp³-hybridized carbons (Fsp3) is 0.400. The van der Waals surface area contributed by atoms with E-state index < -0.39 is 7.12 Å². The molecular weight excluding hydrogens is 163 g/mol. The van der Waals surface area contributed by atoms with Crippen LogP contribution in [-0.4, -0.2) is 17.2 Å². The van der Waals surface area contributed by atoms with Gasteiger partial charge in [-0.3, -0.25) is 0 Å². The topological polar surface area (TPSA) is 40.5 Å². The maximum absolute atomic E-state index is 9.04. The number of rotatable bonds is 2.